The van der Waals surface area contributed by atoms with Crippen LogP contribution in [0.1, 0.15) is 23.3 Å². The molecular weight excluding hydrogens is 324 g/mol. The Balaban J connectivity index is 1.48. The van der Waals surface area contributed by atoms with Crippen LogP contribution in [0.15, 0.2) is 47.1 Å². The van der Waals surface area contributed by atoms with Crippen LogP contribution in [0.5, 0.6) is 0 Å². The van der Waals surface area contributed by atoms with Crippen molar-refractivity contribution in [2.24, 2.45) is 0 Å². The fourth-order valence-corrected chi connectivity index (χ4v) is 2.78. The van der Waals surface area contributed by atoms with Crippen LogP contribution in [0.25, 0.3) is 0 Å². The molecule has 0 atom stereocenters. The third kappa shape index (κ3) is 6.90. The number of thioether (sulfide) groups is 1. The van der Waals surface area contributed by atoms with Gasteiger partial charge in [-0.1, -0.05) is 12.1 Å². The minimum Gasteiger partial charge on any atom is -0.467 e. The second-order valence-electron chi connectivity index (χ2n) is 5.14. The third-order valence-electron chi connectivity index (χ3n) is 3.20. The summed E-state index contributed by atoms with van der Waals surface area (Å²) < 4.78 is 10.6. The monoisotopic (exact) mass is 344 g/mol. The predicted molar refractivity (Wildman–Crippen MR) is 93.3 cm³/mol. The largest absolute Gasteiger partial charge is 0.467 e. The molecule has 1 amide bonds. The summed E-state index contributed by atoms with van der Waals surface area (Å²) in [5, 5.41) is 11.6. The van der Waals surface area contributed by atoms with E-state index in [-0.39, 0.29) is 5.91 Å². The van der Waals surface area contributed by atoms with Gasteiger partial charge in [0.2, 0.25) is 5.91 Å². The first kappa shape index (κ1) is 18.1. The first-order valence-corrected chi connectivity index (χ1v) is 8.87. The lowest BCUT2D eigenvalue weighted by molar-refractivity contribution is -0.118. The van der Waals surface area contributed by atoms with Crippen molar-refractivity contribution in [2.75, 3.05) is 18.9 Å². The Morgan fingerprint density at radius 2 is 2.12 bits per heavy atom. The predicted octanol–water partition coefficient (Wildman–Crippen LogP) is 3.11. The van der Waals surface area contributed by atoms with Gasteiger partial charge in [-0.15, -0.1) is 11.8 Å². The number of hydrogen-bond donors (Lipinski definition) is 1. The molecule has 0 aliphatic carbocycles. The van der Waals surface area contributed by atoms with Crippen LogP contribution >= 0.6 is 11.8 Å². The van der Waals surface area contributed by atoms with Gasteiger partial charge in [0.05, 0.1) is 23.6 Å². The van der Waals surface area contributed by atoms with Gasteiger partial charge in [0.1, 0.15) is 12.4 Å². The van der Waals surface area contributed by atoms with Gasteiger partial charge >= 0.3 is 0 Å². The van der Waals surface area contributed by atoms with E-state index in [0.29, 0.717) is 31.1 Å². The van der Waals surface area contributed by atoms with E-state index in [1.807, 2.05) is 24.3 Å². The molecule has 2 rings (SSSR count). The summed E-state index contributed by atoms with van der Waals surface area (Å²) in [5.41, 5.74) is 1.76. The van der Waals surface area contributed by atoms with E-state index in [0.717, 1.165) is 23.5 Å². The Bertz CT molecular complexity index is 648. The molecule has 24 heavy (non-hydrogen) atoms. The van der Waals surface area contributed by atoms with Gasteiger partial charge in [0.25, 0.3) is 0 Å². The lowest BCUT2D eigenvalue weighted by Gasteiger charge is -2.06. The Morgan fingerprint density at radius 1 is 1.29 bits per heavy atom. The highest BCUT2D eigenvalue weighted by Gasteiger charge is 2.02. The average molecular weight is 344 g/mol. The third-order valence-corrected chi connectivity index (χ3v) is 4.20. The lowest BCUT2D eigenvalue weighted by Crippen LogP contribution is -2.26. The van der Waals surface area contributed by atoms with Crippen LogP contribution in [0.4, 0.5) is 0 Å². The van der Waals surface area contributed by atoms with Crippen molar-refractivity contribution < 1.29 is 13.9 Å². The highest BCUT2D eigenvalue weighted by molar-refractivity contribution is 7.99. The highest BCUT2D eigenvalue weighted by Crippen LogP contribution is 2.12. The second-order valence-corrected chi connectivity index (χ2v) is 6.12. The van der Waals surface area contributed by atoms with E-state index in [9.17, 15) is 4.79 Å². The van der Waals surface area contributed by atoms with Crippen molar-refractivity contribution in [3.8, 4) is 6.07 Å². The number of nitriles is 1. The Hall–Kier alpha value is -2.23. The first-order chi connectivity index (χ1) is 11.8. The number of hydrogen-bond acceptors (Lipinski definition) is 5. The van der Waals surface area contributed by atoms with Crippen LogP contribution < -0.4 is 5.32 Å². The van der Waals surface area contributed by atoms with Gasteiger partial charge in [-0.25, -0.2) is 0 Å². The smallest absolute Gasteiger partial charge is 0.230 e. The maximum absolute atomic E-state index is 11.7. The van der Waals surface area contributed by atoms with Crippen molar-refractivity contribution in [3.63, 3.8) is 0 Å². The van der Waals surface area contributed by atoms with Crippen LogP contribution in [0, 0.1) is 11.3 Å². The number of nitrogens with zero attached hydrogens (tertiary/aromatic N) is 1. The Labute approximate surface area is 146 Å². The molecule has 0 radical (unpaired) electrons. The maximum atomic E-state index is 11.7. The molecule has 1 aromatic carbocycles. The van der Waals surface area contributed by atoms with Gasteiger partial charge in [0.15, 0.2) is 0 Å². The summed E-state index contributed by atoms with van der Waals surface area (Å²) in [6, 6.07) is 13.2. The molecule has 0 bridgehead atoms. The van der Waals surface area contributed by atoms with E-state index < -0.39 is 0 Å². The van der Waals surface area contributed by atoms with Gasteiger partial charge in [-0.2, -0.15) is 5.26 Å². The van der Waals surface area contributed by atoms with Crippen molar-refractivity contribution in [3.05, 3.63) is 59.5 Å². The normalized spacial score (nSPS) is 10.3. The number of rotatable bonds is 10. The van der Waals surface area contributed by atoms with E-state index in [1.165, 1.54) is 0 Å². The number of nitrogens with one attached hydrogen (secondary N) is 1. The number of amides is 1. The summed E-state index contributed by atoms with van der Waals surface area (Å²) in [5.74, 6) is 2.01. The lowest BCUT2D eigenvalue weighted by atomic mass is 10.2. The number of carbonyl (C=O) groups excluding carboxylic acids is 1. The van der Waals surface area contributed by atoms with Gasteiger partial charge < -0.3 is 14.5 Å². The molecular formula is C18H20N2O3S. The van der Waals surface area contributed by atoms with Crippen molar-refractivity contribution in [2.45, 2.75) is 18.8 Å². The van der Waals surface area contributed by atoms with E-state index >= 15 is 0 Å². The van der Waals surface area contributed by atoms with E-state index in [2.05, 4.69) is 11.4 Å². The molecule has 1 aromatic heterocycles. The molecule has 1 N–H and O–H groups in total. The number of benzene rings is 1. The molecule has 5 nitrogen and oxygen atoms in total. The molecule has 0 saturated carbocycles. The molecule has 0 unspecified atom stereocenters. The Morgan fingerprint density at radius 3 is 2.83 bits per heavy atom. The summed E-state index contributed by atoms with van der Waals surface area (Å²) in [6.45, 7) is 1.65. The summed E-state index contributed by atoms with van der Waals surface area (Å²) >= 11 is 1.56. The summed E-state index contributed by atoms with van der Waals surface area (Å²) in [7, 11) is 0. The maximum Gasteiger partial charge on any atom is 0.230 e. The molecule has 0 spiro atoms. The zero-order valence-corrected chi connectivity index (χ0v) is 14.2. The topological polar surface area (TPSA) is 75.3 Å². The standard InChI is InChI=1S/C18H20N2O3S/c19-11-15-4-6-16(7-5-15)13-24-14-18(21)20-8-2-9-22-12-17-3-1-10-23-17/h1,3-7,10H,2,8-9,12-14H2,(H,20,21). The molecule has 126 valence electrons. The van der Waals surface area contributed by atoms with Crippen LogP contribution in [-0.2, 0) is 21.9 Å². The quantitative estimate of drug-likeness (QED) is 0.670. The summed E-state index contributed by atoms with van der Waals surface area (Å²) in [4.78, 5) is 11.7. The number of furan rings is 1. The van der Waals surface area contributed by atoms with Gasteiger partial charge in [-0.3, -0.25) is 4.79 Å². The second kappa shape index (κ2) is 10.5. The van der Waals surface area contributed by atoms with Crippen molar-refractivity contribution >= 4 is 17.7 Å². The van der Waals surface area contributed by atoms with Crippen LogP contribution in [-0.4, -0.2) is 24.8 Å². The minimum absolute atomic E-state index is 0.0275. The zero-order valence-electron chi connectivity index (χ0n) is 13.4. The number of ether oxygens (including phenoxy) is 1. The molecule has 1 heterocycles. The highest BCUT2D eigenvalue weighted by atomic mass is 32.2. The first-order valence-electron chi connectivity index (χ1n) is 7.71. The molecule has 0 saturated heterocycles. The van der Waals surface area contributed by atoms with Crippen molar-refractivity contribution in [1.29, 1.82) is 5.26 Å². The molecule has 0 aliphatic rings. The fourth-order valence-electron chi connectivity index (χ4n) is 1.96. The minimum atomic E-state index is 0.0275. The zero-order chi connectivity index (χ0) is 17.0. The fraction of sp³-hybridized carbons (Fsp3) is 0.333. The van der Waals surface area contributed by atoms with Crippen LogP contribution in [0.3, 0.4) is 0 Å². The number of carbonyl (C=O) groups is 1. The van der Waals surface area contributed by atoms with E-state index in [4.69, 9.17) is 14.4 Å². The molecule has 0 fully saturated rings. The van der Waals surface area contributed by atoms with E-state index in [1.54, 1.807) is 30.2 Å². The average Bonchev–Trinajstić information content (AvgIpc) is 3.12. The molecule has 0 aliphatic heterocycles. The summed E-state index contributed by atoms with van der Waals surface area (Å²) in [6.07, 6.45) is 2.39. The van der Waals surface area contributed by atoms with Gasteiger partial charge in [0, 0.05) is 18.9 Å². The molecule has 2 aromatic rings. The SMILES string of the molecule is N#Cc1ccc(CSCC(=O)NCCCOCc2ccco2)cc1. The molecule has 6 heteroatoms. The van der Waals surface area contributed by atoms with Crippen LogP contribution in [0.2, 0.25) is 0 Å². The Kier molecular flexibility index (Phi) is 7.94. The van der Waals surface area contributed by atoms with Gasteiger partial charge in [-0.05, 0) is 36.2 Å². The van der Waals surface area contributed by atoms with Crippen molar-refractivity contribution in [1.82, 2.24) is 5.32 Å².